The molecule has 2 atom stereocenters. The Bertz CT molecular complexity index is 1040. The molecule has 0 aliphatic carbocycles. The molecule has 2 aliphatic heterocycles. The van der Waals surface area contributed by atoms with Gasteiger partial charge in [-0.15, -0.1) is 0 Å². The molecule has 34 heavy (non-hydrogen) atoms. The van der Waals surface area contributed by atoms with Crippen LogP contribution in [0.2, 0.25) is 18.1 Å². The summed E-state index contributed by atoms with van der Waals surface area (Å²) >= 11 is 0. The molecule has 0 saturated carbocycles. The van der Waals surface area contributed by atoms with Gasteiger partial charge in [0.1, 0.15) is 18.4 Å². The highest BCUT2D eigenvalue weighted by Crippen LogP contribution is 2.39. The van der Waals surface area contributed by atoms with E-state index in [0.29, 0.717) is 31.0 Å². The third-order valence-electron chi connectivity index (χ3n) is 7.15. The second-order valence-electron chi connectivity index (χ2n) is 10.6. The van der Waals surface area contributed by atoms with Crippen LogP contribution < -0.4 is 9.74 Å². The van der Waals surface area contributed by atoms with Gasteiger partial charge in [0.25, 0.3) is 8.32 Å². The van der Waals surface area contributed by atoms with Crippen LogP contribution in [0.1, 0.15) is 39.2 Å². The van der Waals surface area contributed by atoms with Gasteiger partial charge in [-0.1, -0.05) is 63.2 Å². The van der Waals surface area contributed by atoms with Crippen LogP contribution in [-0.2, 0) is 16.2 Å². The summed E-state index contributed by atoms with van der Waals surface area (Å²) in [6.07, 6.45) is 1.32. The van der Waals surface area contributed by atoms with Gasteiger partial charge in [0.05, 0.1) is 11.7 Å². The molecule has 2 saturated heterocycles. The summed E-state index contributed by atoms with van der Waals surface area (Å²) < 4.78 is 6.47. The van der Waals surface area contributed by atoms with Gasteiger partial charge in [0, 0.05) is 6.54 Å². The van der Waals surface area contributed by atoms with E-state index in [2.05, 4.69) is 39.2 Å². The third kappa shape index (κ3) is 4.98. The number of carbonyl (C=O) groups is 2. The van der Waals surface area contributed by atoms with Crippen molar-refractivity contribution in [1.82, 2.24) is 9.96 Å². The number of fused-ring (bicyclic) bond motifs is 2. The van der Waals surface area contributed by atoms with Crippen LogP contribution in [0, 0.1) is 0 Å². The highest BCUT2D eigenvalue weighted by atomic mass is 28.4. The molecular weight excluding hydrogens is 446 g/mol. The normalized spacial score (nSPS) is 20.4. The Kier molecular flexibility index (Phi) is 6.73. The van der Waals surface area contributed by atoms with Crippen molar-refractivity contribution in [2.45, 2.75) is 70.4 Å². The molecule has 0 spiro atoms. The van der Waals surface area contributed by atoms with Crippen molar-refractivity contribution in [3.8, 4) is 5.75 Å². The molecule has 3 amide bonds. The predicted molar refractivity (Wildman–Crippen MR) is 135 cm³/mol. The fourth-order valence-electron chi connectivity index (χ4n) is 4.09. The second-order valence-corrected chi connectivity index (χ2v) is 15.3. The minimum Gasteiger partial charge on any atom is -0.542 e. The summed E-state index contributed by atoms with van der Waals surface area (Å²) in [6.45, 7) is 11.7. The Balaban J connectivity index is 1.43. The van der Waals surface area contributed by atoms with E-state index < -0.39 is 14.4 Å². The maximum Gasteiger partial charge on any atom is 0.345 e. The number of hydrogen-bond donors (Lipinski definition) is 1. The summed E-state index contributed by atoms with van der Waals surface area (Å²) in [5.41, 5.74) is 1.64. The fraction of sp³-hybridized carbons (Fsp3) is 0.462. The van der Waals surface area contributed by atoms with E-state index in [-0.39, 0.29) is 23.0 Å². The SMILES string of the molecule is CC(C)(C)[Si](C)(C)Oc1ccccc1NC(=O)[C@@H]1CC[C@H]2CN1C(=O)N2OCc1ccccc1. The minimum atomic E-state index is -2.08. The number of rotatable bonds is 7. The van der Waals surface area contributed by atoms with Crippen LogP contribution in [0.3, 0.4) is 0 Å². The molecule has 1 N–H and O–H groups in total. The molecule has 2 fully saturated rings. The maximum absolute atomic E-state index is 13.3. The van der Waals surface area contributed by atoms with Crippen molar-refractivity contribution in [1.29, 1.82) is 0 Å². The van der Waals surface area contributed by atoms with Gasteiger partial charge in [-0.2, -0.15) is 5.06 Å². The van der Waals surface area contributed by atoms with Crippen LogP contribution in [0.4, 0.5) is 10.5 Å². The Morgan fingerprint density at radius 2 is 1.74 bits per heavy atom. The zero-order valence-corrected chi connectivity index (χ0v) is 21.7. The first kappa shape index (κ1) is 24.3. The topological polar surface area (TPSA) is 71.1 Å². The molecule has 2 aliphatic rings. The number of benzene rings is 2. The third-order valence-corrected chi connectivity index (χ3v) is 11.5. The van der Waals surface area contributed by atoms with Crippen molar-refractivity contribution >= 4 is 25.9 Å². The van der Waals surface area contributed by atoms with Crippen LogP contribution in [0.15, 0.2) is 54.6 Å². The molecule has 2 aromatic rings. The lowest BCUT2D eigenvalue weighted by Gasteiger charge is -2.37. The van der Waals surface area contributed by atoms with E-state index in [4.69, 9.17) is 9.26 Å². The molecule has 0 aromatic heterocycles. The number of nitrogens with zero attached hydrogens (tertiary/aromatic N) is 2. The molecule has 7 nitrogen and oxygen atoms in total. The Morgan fingerprint density at radius 1 is 1.06 bits per heavy atom. The van der Waals surface area contributed by atoms with E-state index in [1.165, 1.54) is 5.06 Å². The zero-order chi connectivity index (χ0) is 24.5. The van der Waals surface area contributed by atoms with Gasteiger partial charge in [-0.05, 0) is 48.7 Å². The number of urea groups is 1. The van der Waals surface area contributed by atoms with Crippen molar-refractivity contribution < 1.29 is 18.9 Å². The second kappa shape index (κ2) is 9.42. The largest absolute Gasteiger partial charge is 0.542 e. The molecule has 4 rings (SSSR count). The first-order valence-electron chi connectivity index (χ1n) is 11.9. The molecule has 8 heteroatoms. The average molecular weight is 482 g/mol. The quantitative estimate of drug-likeness (QED) is 0.537. The lowest BCUT2D eigenvalue weighted by Crippen LogP contribution is -2.47. The van der Waals surface area contributed by atoms with E-state index >= 15 is 0 Å². The minimum absolute atomic E-state index is 0.0329. The van der Waals surface area contributed by atoms with Crippen LogP contribution >= 0.6 is 0 Å². The van der Waals surface area contributed by atoms with Gasteiger partial charge < -0.3 is 14.6 Å². The van der Waals surface area contributed by atoms with E-state index in [1.807, 2.05) is 54.6 Å². The van der Waals surface area contributed by atoms with Gasteiger partial charge in [-0.25, -0.2) is 4.79 Å². The van der Waals surface area contributed by atoms with Crippen molar-refractivity contribution in [2.24, 2.45) is 0 Å². The highest BCUT2D eigenvalue weighted by molar-refractivity contribution is 6.74. The smallest absolute Gasteiger partial charge is 0.345 e. The van der Waals surface area contributed by atoms with Crippen molar-refractivity contribution in [2.75, 3.05) is 11.9 Å². The lowest BCUT2D eigenvalue weighted by atomic mass is 10.00. The average Bonchev–Trinajstić information content (AvgIpc) is 3.03. The van der Waals surface area contributed by atoms with Crippen molar-refractivity contribution in [3.05, 3.63) is 60.2 Å². The van der Waals surface area contributed by atoms with E-state index in [1.54, 1.807) is 4.90 Å². The van der Waals surface area contributed by atoms with Gasteiger partial charge in [0.2, 0.25) is 5.91 Å². The summed E-state index contributed by atoms with van der Waals surface area (Å²) in [4.78, 5) is 33.9. The number of hydrogen-bond acceptors (Lipinski definition) is 4. The van der Waals surface area contributed by atoms with Gasteiger partial charge >= 0.3 is 6.03 Å². The van der Waals surface area contributed by atoms with Gasteiger partial charge in [0.15, 0.2) is 0 Å². The molecule has 2 aromatic carbocycles. The summed E-state index contributed by atoms with van der Waals surface area (Å²) in [5.74, 6) is 0.486. The predicted octanol–water partition coefficient (Wildman–Crippen LogP) is 5.41. The van der Waals surface area contributed by atoms with E-state index in [0.717, 1.165) is 12.0 Å². The summed E-state index contributed by atoms with van der Waals surface area (Å²) in [7, 11) is -2.08. The fourth-order valence-corrected chi connectivity index (χ4v) is 5.13. The number of piperidine rings is 1. The molecule has 2 heterocycles. The molecule has 182 valence electrons. The number of para-hydroxylation sites is 2. The number of nitrogens with one attached hydrogen (secondary N) is 1. The highest BCUT2D eigenvalue weighted by Gasteiger charge is 2.48. The Hall–Kier alpha value is -2.84. The summed E-state index contributed by atoms with van der Waals surface area (Å²) in [5, 5.41) is 4.52. The van der Waals surface area contributed by atoms with Gasteiger partial charge in [-0.3, -0.25) is 9.63 Å². The number of hydroxylamine groups is 2. The van der Waals surface area contributed by atoms with Crippen molar-refractivity contribution in [3.63, 3.8) is 0 Å². The van der Waals surface area contributed by atoms with Crippen LogP contribution in [0.5, 0.6) is 5.75 Å². The molecular formula is C26H35N3O4Si. The molecule has 2 bridgehead atoms. The van der Waals surface area contributed by atoms with Crippen LogP contribution in [-0.4, -0.2) is 48.8 Å². The monoisotopic (exact) mass is 481 g/mol. The number of anilines is 1. The Labute approximate surface area is 203 Å². The maximum atomic E-state index is 13.3. The lowest BCUT2D eigenvalue weighted by molar-refractivity contribution is -0.140. The van der Waals surface area contributed by atoms with E-state index in [9.17, 15) is 9.59 Å². The standard InChI is InChI=1S/C26H35N3O4Si/c1-26(2,3)34(4,5)33-23-14-10-9-13-21(23)27-24(30)22-16-15-20-17-28(22)25(31)29(20)32-18-19-11-7-6-8-12-19/h6-14,20,22H,15-18H2,1-5H3,(H,27,30)/t20-,22-/m0/s1. The first-order chi connectivity index (χ1) is 16.1. The Morgan fingerprint density at radius 3 is 2.44 bits per heavy atom. The molecule has 0 unspecified atom stereocenters. The number of carbonyl (C=O) groups excluding carboxylic acids is 2. The zero-order valence-electron chi connectivity index (χ0n) is 20.7. The number of amides is 3. The molecule has 0 radical (unpaired) electrons. The summed E-state index contributed by atoms with van der Waals surface area (Å²) in [6, 6.07) is 16.5. The van der Waals surface area contributed by atoms with Crippen LogP contribution in [0.25, 0.3) is 0 Å². The first-order valence-corrected chi connectivity index (χ1v) is 14.8.